The summed E-state index contributed by atoms with van der Waals surface area (Å²) < 4.78 is 0. The number of aryl methyl sites for hydroxylation is 1. The fourth-order valence-corrected chi connectivity index (χ4v) is 4.19. The Hall–Kier alpha value is -2.65. The summed E-state index contributed by atoms with van der Waals surface area (Å²) in [5.74, 6) is 0.357. The summed E-state index contributed by atoms with van der Waals surface area (Å²) in [6, 6.07) is 8.02. The summed E-state index contributed by atoms with van der Waals surface area (Å²) in [4.78, 5) is 21.7. The van der Waals surface area contributed by atoms with Crippen molar-refractivity contribution in [1.29, 1.82) is 5.26 Å². The summed E-state index contributed by atoms with van der Waals surface area (Å²) in [6.07, 6.45) is 2.81. The van der Waals surface area contributed by atoms with Crippen molar-refractivity contribution in [2.45, 2.75) is 19.3 Å². The Morgan fingerprint density at radius 2 is 2.33 bits per heavy atom. The van der Waals surface area contributed by atoms with E-state index in [2.05, 4.69) is 20.9 Å². The van der Waals surface area contributed by atoms with Crippen molar-refractivity contribution in [2.24, 2.45) is 0 Å². The largest absolute Gasteiger partial charge is 0.369 e. The first-order valence-corrected chi connectivity index (χ1v) is 8.76. The van der Waals surface area contributed by atoms with Gasteiger partial charge in [0.15, 0.2) is 0 Å². The summed E-state index contributed by atoms with van der Waals surface area (Å²) in [6.45, 7) is 3.63. The van der Waals surface area contributed by atoms with Gasteiger partial charge in [-0.15, -0.1) is 11.3 Å². The Morgan fingerprint density at radius 1 is 1.46 bits per heavy atom. The third-order valence-electron chi connectivity index (χ3n) is 4.56. The standard InChI is InChI=1S/C18H16N4OS/c1-11-2-3-15-13(8-11)16(14(9-19)17(23)21-15)22-6-4-12(10-22)18-20-5-7-24-18/h2-3,5,7-8,12H,4,6,10H2,1H3,(H,21,23). The number of fused-ring (bicyclic) bond motifs is 1. The third kappa shape index (κ3) is 2.38. The van der Waals surface area contributed by atoms with Gasteiger partial charge < -0.3 is 9.88 Å². The van der Waals surface area contributed by atoms with Crippen LogP contribution in [0.4, 0.5) is 5.69 Å². The zero-order chi connectivity index (χ0) is 16.7. The fourth-order valence-electron chi connectivity index (χ4n) is 3.42. The molecule has 1 aromatic carbocycles. The van der Waals surface area contributed by atoms with Gasteiger partial charge in [0.1, 0.15) is 11.6 Å². The molecule has 3 aromatic rings. The fraction of sp³-hybridized carbons (Fsp3) is 0.278. The monoisotopic (exact) mass is 336 g/mol. The molecule has 1 unspecified atom stereocenters. The van der Waals surface area contributed by atoms with Crippen LogP contribution in [0.2, 0.25) is 0 Å². The van der Waals surface area contributed by atoms with Crippen molar-refractivity contribution in [3.8, 4) is 6.07 Å². The van der Waals surface area contributed by atoms with Crippen LogP contribution in [0.3, 0.4) is 0 Å². The Morgan fingerprint density at radius 3 is 3.08 bits per heavy atom. The van der Waals surface area contributed by atoms with E-state index in [1.165, 1.54) is 0 Å². The van der Waals surface area contributed by atoms with E-state index in [1.807, 2.05) is 36.7 Å². The molecule has 24 heavy (non-hydrogen) atoms. The molecular weight excluding hydrogens is 320 g/mol. The number of rotatable bonds is 2. The van der Waals surface area contributed by atoms with E-state index in [9.17, 15) is 10.1 Å². The lowest BCUT2D eigenvalue weighted by molar-refractivity contribution is 0.766. The number of aromatic amines is 1. The van der Waals surface area contributed by atoms with E-state index < -0.39 is 0 Å². The number of nitrogens with one attached hydrogen (secondary N) is 1. The second kappa shape index (κ2) is 5.77. The number of hydrogen-bond acceptors (Lipinski definition) is 5. The van der Waals surface area contributed by atoms with E-state index in [4.69, 9.17) is 0 Å². The highest BCUT2D eigenvalue weighted by atomic mass is 32.1. The number of aromatic nitrogens is 2. The van der Waals surface area contributed by atoms with Gasteiger partial charge in [-0.05, 0) is 25.5 Å². The molecule has 120 valence electrons. The van der Waals surface area contributed by atoms with E-state index in [0.717, 1.165) is 46.7 Å². The molecule has 0 spiro atoms. The Labute approximate surface area is 143 Å². The highest BCUT2D eigenvalue weighted by molar-refractivity contribution is 7.09. The average Bonchev–Trinajstić information content (AvgIpc) is 3.25. The normalized spacial score (nSPS) is 17.3. The molecule has 5 nitrogen and oxygen atoms in total. The lowest BCUT2D eigenvalue weighted by Gasteiger charge is -2.21. The van der Waals surface area contributed by atoms with E-state index in [-0.39, 0.29) is 11.1 Å². The number of nitriles is 1. The van der Waals surface area contributed by atoms with Crippen LogP contribution in [-0.2, 0) is 0 Å². The molecule has 0 bridgehead atoms. The van der Waals surface area contributed by atoms with E-state index in [1.54, 1.807) is 11.3 Å². The summed E-state index contributed by atoms with van der Waals surface area (Å²) >= 11 is 1.67. The molecular formula is C18H16N4OS. The first-order chi connectivity index (χ1) is 11.7. The van der Waals surface area contributed by atoms with Crippen molar-refractivity contribution >= 4 is 27.9 Å². The molecule has 1 fully saturated rings. The predicted molar refractivity (Wildman–Crippen MR) is 95.7 cm³/mol. The quantitative estimate of drug-likeness (QED) is 0.780. The first kappa shape index (κ1) is 14.9. The summed E-state index contributed by atoms with van der Waals surface area (Å²) in [5, 5.41) is 13.6. The molecule has 6 heteroatoms. The van der Waals surface area contributed by atoms with Crippen LogP contribution in [0, 0.1) is 18.3 Å². The highest BCUT2D eigenvalue weighted by Gasteiger charge is 2.29. The van der Waals surface area contributed by atoms with Crippen LogP contribution in [0.5, 0.6) is 0 Å². The van der Waals surface area contributed by atoms with Crippen LogP contribution in [0.25, 0.3) is 10.9 Å². The summed E-state index contributed by atoms with van der Waals surface area (Å²) in [5.41, 5.74) is 2.53. The van der Waals surface area contributed by atoms with Gasteiger partial charge in [0.05, 0.1) is 16.2 Å². The zero-order valence-corrected chi connectivity index (χ0v) is 14.1. The molecule has 0 saturated carbocycles. The van der Waals surface area contributed by atoms with Gasteiger partial charge in [0.25, 0.3) is 5.56 Å². The SMILES string of the molecule is Cc1ccc2[nH]c(=O)c(C#N)c(N3CCC(c4nccs4)C3)c2c1. The van der Waals surface area contributed by atoms with Gasteiger partial charge in [0.2, 0.25) is 0 Å². The maximum atomic E-state index is 12.3. The maximum Gasteiger partial charge on any atom is 0.268 e. The van der Waals surface area contributed by atoms with E-state index in [0.29, 0.717) is 5.92 Å². The molecule has 0 aliphatic carbocycles. The van der Waals surface area contributed by atoms with Crippen LogP contribution >= 0.6 is 11.3 Å². The van der Waals surface area contributed by atoms with Gasteiger partial charge in [-0.1, -0.05) is 11.6 Å². The minimum absolute atomic E-state index is 0.202. The predicted octanol–water partition coefficient (Wildman–Crippen LogP) is 3.16. The zero-order valence-electron chi connectivity index (χ0n) is 13.2. The number of thiazole rings is 1. The lowest BCUT2D eigenvalue weighted by atomic mass is 10.1. The number of anilines is 1. The van der Waals surface area contributed by atoms with E-state index >= 15 is 0 Å². The minimum Gasteiger partial charge on any atom is -0.369 e. The van der Waals surface area contributed by atoms with Crippen molar-refractivity contribution in [2.75, 3.05) is 18.0 Å². The van der Waals surface area contributed by atoms with Crippen molar-refractivity contribution in [1.82, 2.24) is 9.97 Å². The molecule has 4 rings (SSSR count). The number of H-pyrrole nitrogens is 1. The number of nitrogens with zero attached hydrogens (tertiary/aromatic N) is 3. The van der Waals surface area contributed by atoms with Gasteiger partial charge >= 0.3 is 0 Å². The molecule has 1 aliphatic heterocycles. The first-order valence-electron chi connectivity index (χ1n) is 7.88. The highest BCUT2D eigenvalue weighted by Crippen LogP contribution is 2.36. The lowest BCUT2D eigenvalue weighted by Crippen LogP contribution is -2.24. The summed E-state index contributed by atoms with van der Waals surface area (Å²) in [7, 11) is 0. The molecule has 1 saturated heterocycles. The Bertz CT molecular complexity index is 1000. The van der Waals surface area contributed by atoms with Gasteiger partial charge in [-0.3, -0.25) is 4.79 Å². The van der Waals surface area contributed by atoms with Crippen LogP contribution in [-0.4, -0.2) is 23.1 Å². The average molecular weight is 336 g/mol. The smallest absolute Gasteiger partial charge is 0.268 e. The molecule has 2 aromatic heterocycles. The molecule has 0 amide bonds. The molecule has 1 atom stereocenters. The van der Waals surface area contributed by atoms with Gasteiger partial charge in [-0.25, -0.2) is 4.98 Å². The van der Waals surface area contributed by atoms with Crippen LogP contribution < -0.4 is 10.5 Å². The van der Waals surface area contributed by atoms with Gasteiger partial charge in [0, 0.05) is 36.0 Å². The minimum atomic E-state index is -0.318. The van der Waals surface area contributed by atoms with Gasteiger partial charge in [-0.2, -0.15) is 5.26 Å². The number of benzene rings is 1. The number of hydrogen-bond donors (Lipinski definition) is 1. The Kier molecular flexibility index (Phi) is 3.58. The molecule has 3 heterocycles. The second-order valence-electron chi connectivity index (χ2n) is 6.14. The Balaban J connectivity index is 1.85. The topological polar surface area (TPSA) is 72.8 Å². The van der Waals surface area contributed by atoms with Crippen LogP contribution in [0.15, 0.2) is 34.6 Å². The second-order valence-corrected chi connectivity index (χ2v) is 7.07. The van der Waals surface area contributed by atoms with Crippen molar-refractivity contribution in [3.63, 3.8) is 0 Å². The van der Waals surface area contributed by atoms with Crippen molar-refractivity contribution in [3.05, 3.63) is 56.3 Å². The third-order valence-corrected chi connectivity index (χ3v) is 5.50. The molecule has 1 N–H and O–H groups in total. The number of pyridine rings is 1. The molecule has 1 aliphatic rings. The van der Waals surface area contributed by atoms with Crippen LogP contribution in [0.1, 0.15) is 28.5 Å². The maximum absolute atomic E-state index is 12.3. The van der Waals surface area contributed by atoms with Crippen molar-refractivity contribution < 1.29 is 0 Å². The molecule has 0 radical (unpaired) electrons.